The summed E-state index contributed by atoms with van der Waals surface area (Å²) in [5.74, 6) is 0. The SMILES string of the molecule is [Ag+].[CH2-]C(C)O. The van der Waals surface area contributed by atoms with Gasteiger partial charge >= 0.3 is 22.4 Å². The van der Waals surface area contributed by atoms with Crippen LogP contribution in [0.1, 0.15) is 6.92 Å². The molecule has 0 aromatic heterocycles. The molecule has 1 unspecified atom stereocenters. The van der Waals surface area contributed by atoms with Gasteiger partial charge in [-0.3, -0.25) is 0 Å². The molecule has 0 rings (SSSR count). The molecule has 2 heteroatoms. The second kappa shape index (κ2) is 4.70. The molecule has 0 bridgehead atoms. The van der Waals surface area contributed by atoms with Gasteiger partial charge < -0.3 is 12.0 Å². The molecule has 1 N–H and O–H groups in total. The number of aliphatic hydroxyl groups is 1. The predicted octanol–water partition coefficient (Wildman–Crippen LogP) is 0.199. The first-order chi connectivity index (χ1) is 1.73. The third kappa shape index (κ3) is 69.9. The van der Waals surface area contributed by atoms with E-state index in [1.807, 2.05) is 0 Å². The van der Waals surface area contributed by atoms with Gasteiger partial charge in [0.15, 0.2) is 0 Å². The Kier molecular flexibility index (Phi) is 8.65. The van der Waals surface area contributed by atoms with Crippen LogP contribution in [0.25, 0.3) is 0 Å². The second-order valence-electron chi connectivity index (χ2n) is 0.849. The average molecular weight is 167 g/mol. The number of aliphatic hydroxyl groups excluding tert-OH is 1. The van der Waals surface area contributed by atoms with Crippen molar-refractivity contribution >= 4 is 0 Å². The molecule has 36 valence electrons. The van der Waals surface area contributed by atoms with Gasteiger partial charge in [0.25, 0.3) is 0 Å². The summed E-state index contributed by atoms with van der Waals surface area (Å²) in [6.45, 7) is 4.81. The Hall–Kier alpha value is 0.700. The van der Waals surface area contributed by atoms with Gasteiger partial charge in [-0.2, -0.15) is 0 Å². The van der Waals surface area contributed by atoms with Crippen molar-refractivity contribution in [3.63, 3.8) is 0 Å². The van der Waals surface area contributed by atoms with Crippen molar-refractivity contribution in [3.05, 3.63) is 6.92 Å². The van der Waals surface area contributed by atoms with E-state index in [1.54, 1.807) is 6.92 Å². The quantitative estimate of drug-likeness (QED) is 0.403. The van der Waals surface area contributed by atoms with E-state index in [0.717, 1.165) is 0 Å². The number of hydrogen-bond donors (Lipinski definition) is 1. The third-order valence-electron chi connectivity index (χ3n) is 0. The molecule has 0 aliphatic carbocycles. The van der Waals surface area contributed by atoms with Gasteiger partial charge in [-0.05, 0) is 0 Å². The second-order valence-corrected chi connectivity index (χ2v) is 0.849. The summed E-state index contributed by atoms with van der Waals surface area (Å²) in [4.78, 5) is 0. The monoisotopic (exact) mass is 166 g/mol. The molecular formula is C3H7AgO. The largest absolute Gasteiger partial charge is 1.00 e. The zero-order valence-corrected chi connectivity index (χ0v) is 4.52. The van der Waals surface area contributed by atoms with Crippen LogP contribution in [-0.4, -0.2) is 11.2 Å². The van der Waals surface area contributed by atoms with E-state index in [2.05, 4.69) is 6.92 Å². The molecular weight excluding hydrogens is 160 g/mol. The van der Waals surface area contributed by atoms with E-state index in [1.165, 1.54) is 0 Å². The minimum atomic E-state index is -0.417. The Morgan fingerprint density at radius 3 is 1.80 bits per heavy atom. The first-order valence-electron chi connectivity index (χ1n) is 1.24. The van der Waals surface area contributed by atoms with Crippen molar-refractivity contribution in [2.24, 2.45) is 0 Å². The van der Waals surface area contributed by atoms with Crippen molar-refractivity contribution in [1.29, 1.82) is 0 Å². The maximum Gasteiger partial charge on any atom is 1.00 e. The van der Waals surface area contributed by atoms with Gasteiger partial charge in [-0.25, -0.2) is 0 Å². The Balaban J connectivity index is 0. The molecule has 0 heterocycles. The van der Waals surface area contributed by atoms with Crippen molar-refractivity contribution in [3.8, 4) is 0 Å². The molecule has 0 amide bonds. The van der Waals surface area contributed by atoms with Crippen molar-refractivity contribution < 1.29 is 27.5 Å². The fourth-order valence-electron chi connectivity index (χ4n) is 0. The molecule has 0 aromatic rings. The molecule has 0 spiro atoms. The molecule has 0 radical (unpaired) electrons. The van der Waals surface area contributed by atoms with Gasteiger partial charge in [-0.1, -0.05) is 13.0 Å². The zero-order valence-electron chi connectivity index (χ0n) is 3.03. The summed E-state index contributed by atoms with van der Waals surface area (Å²) in [7, 11) is 0. The summed E-state index contributed by atoms with van der Waals surface area (Å²) in [5, 5.41) is 7.94. The maximum absolute atomic E-state index is 7.94. The molecule has 5 heavy (non-hydrogen) atoms. The predicted molar refractivity (Wildman–Crippen MR) is 17.0 cm³/mol. The minimum absolute atomic E-state index is 0. The van der Waals surface area contributed by atoms with Crippen LogP contribution in [0.5, 0.6) is 0 Å². The Bertz CT molecular complexity index is 11.6. The van der Waals surface area contributed by atoms with E-state index < -0.39 is 6.10 Å². The van der Waals surface area contributed by atoms with Crippen LogP contribution in [0.4, 0.5) is 0 Å². The van der Waals surface area contributed by atoms with Crippen LogP contribution in [0.3, 0.4) is 0 Å². The van der Waals surface area contributed by atoms with Crippen LogP contribution < -0.4 is 0 Å². The Morgan fingerprint density at radius 2 is 1.80 bits per heavy atom. The Labute approximate surface area is 47.9 Å². The topological polar surface area (TPSA) is 20.2 Å². The van der Waals surface area contributed by atoms with Crippen LogP contribution in [0.15, 0.2) is 0 Å². The van der Waals surface area contributed by atoms with E-state index in [-0.39, 0.29) is 22.4 Å². The van der Waals surface area contributed by atoms with E-state index in [9.17, 15) is 0 Å². The van der Waals surface area contributed by atoms with Crippen LogP contribution in [-0.2, 0) is 22.4 Å². The summed E-state index contributed by atoms with van der Waals surface area (Å²) >= 11 is 0. The van der Waals surface area contributed by atoms with Crippen LogP contribution in [0.2, 0.25) is 0 Å². The van der Waals surface area contributed by atoms with E-state index in [0.29, 0.717) is 0 Å². The van der Waals surface area contributed by atoms with Crippen LogP contribution >= 0.6 is 0 Å². The molecule has 0 aliphatic rings. The van der Waals surface area contributed by atoms with Gasteiger partial charge in [0.05, 0.1) is 0 Å². The molecule has 0 aromatic carbocycles. The molecule has 0 aliphatic heterocycles. The Morgan fingerprint density at radius 1 is 1.80 bits per heavy atom. The fraction of sp³-hybridized carbons (Fsp3) is 0.667. The number of rotatable bonds is 0. The zero-order chi connectivity index (χ0) is 3.58. The van der Waals surface area contributed by atoms with Gasteiger partial charge in [-0.15, -0.1) is 0 Å². The van der Waals surface area contributed by atoms with Gasteiger partial charge in [0.2, 0.25) is 0 Å². The van der Waals surface area contributed by atoms with Crippen molar-refractivity contribution in [2.45, 2.75) is 13.0 Å². The van der Waals surface area contributed by atoms with Crippen LogP contribution in [0, 0.1) is 6.92 Å². The smallest absolute Gasteiger partial charge is 0.426 e. The maximum atomic E-state index is 7.94. The minimum Gasteiger partial charge on any atom is -0.426 e. The third-order valence-corrected chi connectivity index (χ3v) is 0. The normalized spacial score (nSPS) is 12.6. The summed E-state index contributed by atoms with van der Waals surface area (Å²) in [5.41, 5.74) is 0. The summed E-state index contributed by atoms with van der Waals surface area (Å²) in [6, 6.07) is 0. The van der Waals surface area contributed by atoms with Crippen molar-refractivity contribution in [1.82, 2.24) is 0 Å². The standard InChI is InChI=1S/C3H7O.Ag/c1-3(2)4;/h3-4H,1H2,2H3;/q-1;+1. The average Bonchev–Trinajstić information content (AvgIpc) is 0.811. The molecule has 1 atom stereocenters. The van der Waals surface area contributed by atoms with E-state index >= 15 is 0 Å². The number of hydrogen-bond acceptors (Lipinski definition) is 1. The van der Waals surface area contributed by atoms with Gasteiger partial charge in [0, 0.05) is 0 Å². The fourth-order valence-corrected chi connectivity index (χ4v) is 0. The molecule has 0 saturated carbocycles. The molecule has 0 fully saturated rings. The molecule has 1 nitrogen and oxygen atoms in total. The van der Waals surface area contributed by atoms with E-state index in [4.69, 9.17) is 5.11 Å². The summed E-state index contributed by atoms with van der Waals surface area (Å²) in [6.07, 6.45) is -0.417. The van der Waals surface area contributed by atoms with Crippen molar-refractivity contribution in [2.75, 3.05) is 0 Å². The first kappa shape index (κ1) is 9.20. The first-order valence-corrected chi connectivity index (χ1v) is 1.24. The summed E-state index contributed by atoms with van der Waals surface area (Å²) < 4.78 is 0. The van der Waals surface area contributed by atoms with Gasteiger partial charge in [0.1, 0.15) is 0 Å². The molecule has 0 saturated heterocycles.